The summed E-state index contributed by atoms with van der Waals surface area (Å²) >= 11 is 0. The van der Waals surface area contributed by atoms with Gasteiger partial charge in [-0.05, 0) is 24.1 Å². The van der Waals surface area contributed by atoms with Crippen molar-refractivity contribution in [3.8, 4) is 0 Å². The molecule has 2 heterocycles. The van der Waals surface area contributed by atoms with Crippen molar-refractivity contribution >= 4 is 0 Å². The molecule has 22 heavy (non-hydrogen) atoms. The van der Waals surface area contributed by atoms with E-state index in [0.717, 1.165) is 11.1 Å². The molecule has 1 aromatic rings. The average Bonchev–Trinajstić information content (AvgIpc) is 2.80. The fraction of sp³-hybridized carbons (Fsp3) is 0.375. The molecular formula is C16H21N3O3. The van der Waals surface area contributed by atoms with Crippen molar-refractivity contribution in [2.45, 2.75) is 31.3 Å². The van der Waals surface area contributed by atoms with E-state index in [-0.39, 0.29) is 0 Å². The van der Waals surface area contributed by atoms with Crippen LogP contribution in [0.2, 0.25) is 0 Å². The summed E-state index contributed by atoms with van der Waals surface area (Å²) in [6.07, 6.45) is 2.72. The molecule has 1 saturated heterocycles. The van der Waals surface area contributed by atoms with Gasteiger partial charge >= 0.3 is 0 Å². The largest absolute Gasteiger partial charge is 0.376 e. The van der Waals surface area contributed by atoms with Crippen LogP contribution in [-0.2, 0) is 5.54 Å². The number of nitrogens with zero attached hydrogens (tertiary/aromatic N) is 1. The molecule has 6 nitrogen and oxygen atoms in total. The van der Waals surface area contributed by atoms with Gasteiger partial charge in [0.2, 0.25) is 0 Å². The first-order valence-corrected chi connectivity index (χ1v) is 7.27. The van der Waals surface area contributed by atoms with E-state index in [9.17, 15) is 15.3 Å². The van der Waals surface area contributed by atoms with Gasteiger partial charge in [-0.2, -0.15) is 0 Å². The van der Waals surface area contributed by atoms with E-state index in [4.69, 9.17) is 0 Å². The number of aliphatic hydroxyl groups is 3. The van der Waals surface area contributed by atoms with Crippen LogP contribution in [0.5, 0.6) is 0 Å². The molecule has 118 valence electrons. The van der Waals surface area contributed by atoms with Crippen molar-refractivity contribution in [1.29, 1.82) is 0 Å². The summed E-state index contributed by atoms with van der Waals surface area (Å²) in [6.45, 7) is 2.15. The quantitative estimate of drug-likeness (QED) is 0.530. The van der Waals surface area contributed by atoms with Crippen molar-refractivity contribution < 1.29 is 15.3 Å². The molecule has 1 fully saturated rings. The average molecular weight is 303 g/mol. The zero-order valence-electron chi connectivity index (χ0n) is 12.3. The third-order valence-electron chi connectivity index (χ3n) is 4.26. The van der Waals surface area contributed by atoms with Crippen LogP contribution in [0, 0.1) is 0 Å². The van der Waals surface area contributed by atoms with Crippen LogP contribution < -0.4 is 10.6 Å². The van der Waals surface area contributed by atoms with E-state index in [1.165, 1.54) is 0 Å². The van der Waals surface area contributed by atoms with Crippen LogP contribution in [0.1, 0.15) is 12.5 Å². The Labute approximate surface area is 129 Å². The summed E-state index contributed by atoms with van der Waals surface area (Å²) in [5.74, 6) is 0. The number of allylic oxidation sites excluding steroid dienone is 2. The zero-order valence-corrected chi connectivity index (χ0v) is 12.3. The maximum absolute atomic E-state index is 10.5. The van der Waals surface area contributed by atoms with Gasteiger partial charge in [0.15, 0.2) is 6.35 Å². The Hall–Kier alpha value is -1.70. The highest BCUT2D eigenvalue weighted by molar-refractivity contribution is 5.30. The minimum atomic E-state index is -1.02. The molecule has 5 N–H and O–H groups in total. The second-order valence-electron chi connectivity index (χ2n) is 5.75. The van der Waals surface area contributed by atoms with Gasteiger partial charge in [-0.1, -0.05) is 36.4 Å². The molecular weight excluding hydrogens is 282 g/mol. The standard InChI is InChI=1S/C16H21N3O3/c1-11-6-5-9-19(13(11)20)10-16(12-7-3-2-4-8-12)14(21)17-15(22)18-16/h2-9,13-15,17-18,20-22H,10H2,1H3. The van der Waals surface area contributed by atoms with Crippen molar-refractivity contribution in [3.63, 3.8) is 0 Å². The molecule has 4 atom stereocenters. The van der Waals surface area contributed by atoms with Crippen molar-refractivity contribution in [2.75, 3.05) is 6.54 Å². The van der Waals surface area contributed by atoms with Crippen LogP contribution in [0.4, 0.5) is 0 Å². The fourth-order valence-corrected chi connectivity index (χ4v) is 3.02. The van der Waals surface area contributed by atoms with Gasteiger partial charge in [-0.3, -0.25) is 10.6 Å². The summed E-state index contributed by atoms with van der Waals surface area (Å²) in [6, 6.07) is 9.43. The van der Waals surface area contributed by atoms with E-state index >= 15 is 0 Å². The molecule has 2 aliphatic heterocycles. The lowest BCUT2D eigenvalue weighted by atomic mass is 9.88. The van der Waals surface area contributed by atoms with Crippen LogP contribution >= 0.6 is 0 Å². The van der Waals surface area contributed by atoms with E-state index in [0.29, 0.717) is 6.54 Å². The first-order valence-electron chi connectivity index (χ1n) is 7.27. The highest BCUT2D eigenvalue weighted by Gasteiger charge is 2.48. The van der Waals surface area contributed by atoms with Crippen LogP contribution in [0.15, 0.2) is 54.3 Å². The number of aliphatic hydroxyl groups excluding tert-OH is 3. The predicted molar refractivity (Wildman–Crippen MR) is 82.0 cm³/mol. The number of rotatable bonds is 3. The van der Waals surface area contributed by atoms with E-state index in [1.807, 2.05) is 49.4 Å². The van der Waals surface area contributed by atoms with Gasteiger partial charge in [-0.15, -0.1) is 0 Å². The molecule has 4 unspecified atom stereocenters. The lowest BCUT2D eigenvalue weighted by Crippen LogP contribution is -2.55. The summed E-state index contributed by atoms with van der Waals surface area (Å²) in [5, 5.41) is 36.3. The molecule has 0 amide bonds. The Bertz CT molecular complexity index is 590. The Balaban J connectivity index is 1.94. The highest BCUT2D eigenvalue weighted by atomic mass is 16.3. The Morgan fingerprint density at radius 1 is 1.18 bits per heavy atom. The second-order valence-corrected chi connectivity index (χ2v) is 5.75. The maximum Gasteiger partial charge on any atom is 0.163 e. The first kappa shape index (κ1) is 15.2. The monoisotopic (exact) mass is 303 g/mol. The molecule has 0 saturated carbocycles. The van der Waals surface area contributed by atoms with Gasteiger partial charge in [-0.25, -0.2) is 0 Å². The molecule has 0 bridgehead atoms. The SMILES string of the molecule is CC1=CC=CN(CC2(c3ccccc3)NC(O)NC2O)C1O. The minimum Gasteiger partial charge on any atom is -0.376 e. The van der Waals surface area contributed by atoms with E-state index < -0.39 is 24.3 Å². The number of nitrogens with one attached hydrogen (secondary N) is 2. The van der Waals surface area contributed by atoms with Gasteiger partial charge in [0, 0.05) is 12.7 Å². The molecule has 0 aromatic heterocycles. The van der Waals surface area contributed by atoms with Crippen molar-refractivity contribution in [3.05, 3.63) is 59.8 Å². The summed E-state index contributed by atoms with van der Waals surface area (Å²) in [7, 11) is 0. The Kier molecular flexibility index (Phi) is 4.03. The summed E-state index contributed by atoms with van der Waals surface area (Å²) in [4.78, 5) is 1.73. The number of hydrogen-bond acceptors (Lipinski definition) is 6. The molecule has 2 aliphatic rings. The Morgan fingerprint density at radius 3 is 2.55 bits per heavy atom. The Morgan fingerprint density at radius 2 is 1.91 bits per heavy atom. The molecule has 1 aromatic carbocycles. The van der Waals surface area contributed by atoms with Crippen LogP contribution in [0.3, 0.4) is 0 Å². The lowest BCUT2D eigenvalue weighted by molar-refractivity contribution is 0.00946. The summed E-state index contributed by atoms with van der Waals surface area (Å²) < 4.78 is 0. The van der Waals surface area contributed by atoms with Crippen molar-refractivity contribution in [2.24, 2.45) is 0 Å². The van der Waals surface area contributed by atoms with Gasteiger partial charge in [0.05, 0.1) is 0 Å². The van der Waals surface area contributed by atoms with Crippen LogP contribution in [-0.4, -0.2) is 45.6 Å². The smallest absolute Gasteiger partial charge is 0.163 e. The normalized spacial score (nSPS) is 34.8. The second kappa shape index (κ2) is 5.83. The first-order chi connectivity index (χ1) is 10.5. The topological polar surface area (TPSA) is 88.0 Å². The fourth-order valence-electron chi connectivity index (χ4n) is 3.02. The number of hydrogen-bond donors (Lipinski definition) is 5. The molecule has 6 heteroatoms. The molecule has 3 rings (SSSR count). The molecule has 0 aliphatic carbocycles. The zero-order chi connectivity index (χ0) is 15.7. The maximum atomic E-state index is 10.5. The van der Waals surface area contributed by atoms with Crippen LogP contribution in [0.25, 0.3) is 0 Å². The predicted octanol–water partition coefficient (Wildman–Crippen LogP) is -0.237. The van der Waals surface area contributed by atoms with Crippen molar-refractivity contribution in [1.82, 2.24) is 15.5 Å². The third kappa shape index (κ3) is 2.55. The molecule has 0 radical (unpaired) electrons. The lowest BCUT2D eigenvalue weighted by Gasteiger charge is -2.40. The van der Waals surface area contributed by atoms with E-state index in [2.05, 4.69) is 10.6 Å². The minimum absolute atomic E-state index is 0.297. The van der Waals surface area contributed by atoms with Gasteiger partial charge in [0.1, 0.15) is 18.0 Å². The van der Waals surface area contributed by atoms with Gasteiger partial charge in [0.25, 0.3) is 0 Å². The van der Waals surface area contributed by atoms with E-state index in [1.54, 1.807) is 11.1 Å². The third-order valence-corrected chi connectivity index (χ3v) is 4.26. The molecule has 0 spiro atoms. The summed E-state index contributed by atoms with van der Waals surface area (Å²) in [5.41, 5.74) is 0.731. The number of benzene rings is 1. The van der Waals surface area contributed by atoms with Gasteiger partial charge < -0.3 is 20.2 Å². The highest BCUT2D eigenvalue weighted by Crippen LogP contribution is 2.31.